The fourth-order valence-electron chi connectivity index (χ4n) is 1.61. The largest absolute Gasteiger partial charge is 0.302 e. The second-order valence-corrected chi connectivity index (χ2v) is 4.22. The third kappa shape index (κ3) is 3.20. The van der Waals surface area contributed by atoms with E-state index < -0.39 is 0 Å². The molecule has 0 aromatic rings. The minimum Gasteiger partial charge on any atom is -0.302 e. The van der Waals surface area contributed by atoms with Gasteiger partial charge in [0.2, 0.25) is 0 Å². The van der Waals surface area contributed by atoms with Gasteiger partial charge in [0.05, 0.1) is 0 Å². The van der Waals surface area contributed by atoms with Crippen LogP contribution in [0.1, 0.15) is 19.3 Å². The molecule has 0 aliphatic heterocycles. The van der Waals surface area contributed by atoms with Crippen molar-refractivity contribution in [2.24, 2.45) is 5.92 Å². The van der Waals surface area contributed by atoms with Crippen LogP contribution in [0.3, 0.4) is 0 Å². The highest BCUT2D eigenvalue weighted by molar-refractivity contribution is 7.80. The van der Waals surface area contributed by atoms with E-state index in [1.807, 2.05) is 0 Å². The molecule has 0 aromatic carbocycles. The Kier molecular flexibility index (Phi) is 4.16. The first-order chi connectivity index (χ1) is 5.72. The van der Waals surface area contributed by atoms with Crippen LogP contribution < -0.4 is 0 Å². The van der Waals surface area contributed by atoms with Crippen molar-refractivity contribution in [1.29, 1.82) is 0 Å². The molecule has 0 saturated heterocycles. The van der Waals surface area contributed by atoms with E-state index in [0.717, 1.165) is 18.2 Å². The van der Waals surface area contributed by atoms with Crippen molar-refractivity contribution in [3.63, 3.8) is 0 Å². The summed E-state index contributed by atoms with van der Waals surface area (Å²) in [4.78, 5) is 2.36. The van der Waals surface area contributed by atoms with Crippen molar-refractivity contribution in [2.75, 3.05) is 25.9 Å². The van der Waals surface area contributed by atoms with E-state index in [0.29, 0.717) is 0 Å². The maximum Gasteiger partial charge on any atom is 0.0195 e. The van der Waals surface area contributed by atoms with E-state index in [1.54, 1.807) is 0 Å². The summed E-state index contributed by atoms with van der Waals surface area (Å²) in [6.07, 6.45) is 4.29. The molecule has 1 nitrogen and oxygen atoms in total. The number of hydrogen-bond acceptors (Lipinski definition) is 2. The van der Waals surface area contributed by atoms with E-state index in [-0.39, 0.29) is 0 Å². The molecule has 0 bridgehead atoms. The summed E-state index contributed by atoms with van der Waals surface area (Å²) in [5, 5.41) is 0. The summed E-state index contributed by atoms with van der Waals surface area (Å²) in [6.45, 7) is 6.20. The monoisotopic (exact) mass is 185 g/mol. The van der Waals surface area contributed by atoms with Gasteiger partial charge in [-0.3, -0.25) is 0 Å². The molecule has 1 rings (SSSR count). The van der Waals surface area contributed by atoms with E-state index in [1.165, 1.54) is 31.4 Å². The molecule has 0 N–H and O–H groups in total. The molecule has 2 heteroatoms. The maximum atomic E-state index is 4.19. The van der Waals surface area contributed by atoms with Gasteiger partial charge in [0.15, 0.2) is 0 Å². The Bertz CT molecular complexity index is 152. The quantitative estimate of drug-likeness (QED) is 0.508. The van der Waals surface area contributed by atoms with Gasteiger partial charge in [0.1, 0.15) is 0 Å². The van der Waals surface area contributed by atoms with Gasteiger partial charge >= 0.3 is 0 Å². The second-order valence-electron chi connectivity index (χ2n) is 3.90. The summed E-state index contributed by atoms with van der Waals surface area (Å²) in [5.74, 6) is 1.78. The number of rotatable bonds is 5. The number of nitrogens with zero attached hydrogens (tertiary/aromatic N) is 1. The highest BCUT2D eigenvalue weighted by Gasteiger charge is 2.18. The van der Waals surface area contributed by atoms with Crippen LogP contribution in [0.25, 0.3) is 0 Å². The Morgan fingerprint density at radius 3 is 2.67 bits per heavy atom. The van der Waals surface area contributed by atoms with Crippen molar-refractivity contribution in [2.45, 2.75) is 19.3 Å². The maximum absolute atomic E-state index is 4.19. The molecule has 0 amide bonds. The Labute approximate surface area is 81.2 Å². The third-order valence-corrected chi connectivity index (χ3v) is 2.96. The molecule has 0 radical (unpaired) electrons. The van der Waals surface area contributed by atoms with Crippen molar-refractivity contribution >= 4 is 12.6 Å². The summed E-state index contributed by atoms with van der Waals surface area (Å²) in [7, 11) is 2.17. The van der Waals surface area contributed by atoms with Crippen LogP contribution in [0.5, 0.6) is 0 Å². The molecular formula is C10H19NS. The molecule has 70 valence electrons. The lowest BCUT2D eigenvalue weighted by Gasteiger charge is -2.30. The molecule has 0 unspecified atom stereocenters. The summed E-state index contributed by atoms with van der Waals surface area (Å²) in [6, 6.07) is 0. The van der Waals surface area contributed by atoms with Crippen molar-refractivity contribution < 1.29 is 0 Å². The van der Waals surface area contributed by atoms with E-state index in [4.69, 9.17) is 0 Å². The lowest BCUT2D eigenvalue weighted by molar-refractivity contribution is 0.215. The lowest BCUT2D eigenvalue weighted by atomic mass is 9.85. The highest BCUT2D eigenvalue weighted by Crippen LogP contribution is 2.26. The van der Waals surface area contributed by atoms with E-state index in [9.17, 15) is 0 Å². The standard InChI is InChI=1S/C10H19NS/c1-9(8-12)6-11(2)7-10-4-3-5-10/h10,12H,1,3-8H2,2H3. The fraction of sp³-hybridized carbons (Fsp3) is 0.800. The zero-order valence-corrected chi connectivity index (χ0v) is 8.82. The smallest absolute Gasteiger partial charge is 0.0195 e. The topological polar surface area (TPSA) is 3.24 Å². The molecule has 0 atom stereocenters. The average molecular weight is 185 g/mol. The van der Waals surface area contributed by atoms with Crippen LogP contribution in [0.15, 0.2) is 12.2 Å². The van der Waals surface area contributed by atoms with Crippen LogP contribution in [-0.4, -0.2) is 30.8 Å². The number of hydrogen-bond donors (Lipinski definition) is 1. The Balaban J connectivity index is 2.10. The van der Waals surface area contributed by atoms with Crippen LogP contribution in [-0.2, 0) is 0 Å². The normalized spacial score (nSPS) is 17.9. The predicted octanol–water partition coefficient (Wildman–Crippen LogP) is 2.20. The Morgan fingerprint density at radius 1 is 1.58 bits per heavy atom. The van der Waals surface area contributed by atoms with Crippen molar-refractivity contribution in [3.05, 3.63) is 12.2 Å². The van der Waals surface area contributed by atoms with Gasteiger partial charge in [-0.25, -0.2) is 0 Å². The molecule has 1 fully saturated rings. The summed E-state index contributed by atoms with van der Waals surface area (Å²) >= 11 is 4.19. The SMILES string of the molecule is C=C(CS)CN(C)CC1CCC1. The first-order valence-electron chi connectivity index (χ1n) is 4.68. The molecule has 12 heavy (non-hydrogen) atoms. The van der Waals surface area contributed by atoms with Gasteiger partial charge in [-0.1, -0.05) is 18.6 Å². The van der Waals surface area contributed by atoms with Crippen molar-refractivity contribution in [3.8, 4) is 0 Å². The van der Waals surface area contributed by atoms with Crippen LogP contribution in [0.4, 0.5) is 0 Å². The van der Waals surface area contributed by atoms with Crippen LogP contribution in [0.2, 0.25) is 0 Å². The Hall–Kier alpha value is 0.0500. The van der Waals surface area contributed by atoms with Crippen molar-refractivity contribution in [1.82, 2.24) is 4.90 Å². The van der Waals surface area contributed by atoms with Gasteiger partial charge in [-0.15, -0.1) is 0 Å². The van der Waals surface area contributed by atoms with E-state index >= 15 is 0 Å². The highest BCUT2D eigenvalue weighted by atomic mass is 32.1. The molecule has 0 aromatic heterocycles. The van der Waals surface area contributed by atoms with Crippen LogP contribution in [0, 0.1) is 5.92 Å². The molecule has 1 saturated carbocycles. The van der Waals surface area contributed by atoms with Crippen LogP contribution >= 0.6 is 12.6 Å². The lowest BCUT2D eigenvalue weighted by Crippen LogP contribution is -2.30. The third-order valence-electron chi connectivity index (χ3n) is 2.51. The number of likely N-dealkylation sites (N-methyl/N-ethyl adjacent to an activating group) is 1. The zero-order chi connectivity index (χ0) is 8.97. The Morgan fingerprint density at radius 2 is 2.25 bits per heavy atom. The molecule has 0 spiro atoms. The first-order valence-corrected chi connectivity index (χ1v) is 5.31. The predicted molar refractivity (Wildman–Crippen MR) is 57.8 cm³/mol. The first kappa shape index (κ1) is 10.1. The molecule has 1 aliphatic carbocycles. The zero-order valence-electron chi connectivity index (χ0n) is 7.92. The van der Waals surface area contributed by atoms with Gasteiger partial charge in [0, 0.05) is 18.8 Å². The molecular weight excluding hydrogens is 166 g/mol. The van der Waals surface area contributed by atoms with Gasteiger partial charge in [-0.05, 0) is 25.8 Å². The molecule has 0 heterocycles. The number of thiol groups is 1. The second kappa shape index (κ2) is 4.93. The fourth-order valence-corrected chi connectivity index (χ4v) is 1.71. The molecule has 1 aliphatic rings. The van der Waals surface area contributed by atoms with Gasteiger partial charge in [-0.2, -0.15) is 12.6 Å². The van der Waals surface area contributed by atoms with Gasteiger partial charge < -0.3 is 4.90 Å². The minimum absolute atomic E-state index is 0.814. The van der Waals surface area contributed by atoms with E-state index in [2.05, 4.69) is 31.2 Å². The average Bonchev–Trinajstić information content (AvgIpc) is 1.97. The van der Waals surface area contributed by atoms with Gasteiger partial charge in [0.25, 0.3) is 0 Å². The summed E-state index contributed by atoms with van der Waals surface area (Å²) in [5.41, 5.74) is 1.22. The minimum atomic E-state index is 0.814. The summed E-state index contributed by atoms with van der Waals surface area (Å²) < 4.78 is 0.